The number of piperidine rings is 1. The molecule has 2 atom stereocenters. The largest absolute Gasteiger partial charge is 0.446 e. The number of carbonyl (C=O) groups excluding carboxylic acids is 1. The van der Waals surface area contributed by atoms with Gasteiger partial charge in [0.25, 0.3) is 0 Å². The van der Waals surface area contributed by atoms with Crippen molar-refractivity contribution in [3.8, 4) is 0 Å². The summed E-state index contributed by atoms with van der Waals surface area (Å²) >= 11 is 0. The first-order valence-corrected chi connectivity index (χ1v) is 11.2. The van der Waals surface area contributed by atoms with Gasteiger partial charge >= 0.3 is 12.3 Å². The lowest BCUT2D eigenvalue weighted by atomic mass is 10.1. The average molecular weight is 481 g/mol. The summed E-state index contributed by atoms with van der Waals surface area (Å²) in [7, 11) is 0. The Morgan fingerprint density at radius 2 is 1.82 bits per heavy atom. The second kappa shape index (κ2) is 10.1. The van der Waals surface area contributed by atoms with Crippen molar-refractivity contribution in [3.05, 3.63) is 54.0 Å². The second-order valence-electron chi connectivity index (χ2n) is 8.69. The Kier molecular flexibility index (Phi) is 7.20. The lowest BCUT2D eigenvalue weighted by Crippen LogP contribution is -2.58. The van der Waals surface area contributed by atoms with E-state index < -0.39 is 30.3 Å². The van der Waals surface area contributed by atoms with Gasteiger partial charge in [-0.15, -0.1) is 0 Å². The summed E-state index contributed by atoms with van der Waals surface area (Å²) in [5.41, 5.74) is 0.0728. The molecule has 2 fully saturated rings. The van der Waals surface area contributed by atoms with E-state index in [1.54, 1.807) is 6.92 Å². The summed E-state index contributed by atoms with van der Waals surface area (Å²) in [6.07, 6.45) is -4.32. The van der Waals surface area contributed by atoms with Gasteiger partial charge in [0, 0.05) is 32.2 Å². The minimum absolute atomic E-state index is 0.0369. The third-order valence-electron chi connectivity index (χ3n) is 6.17. The molecule has 0 N–H and O–H groups in total. The summed E-state index contributed by atoms with van der Waals surface area (Å²) in [5, 5.41) is 0. The molecule has 34 heavy (non-hydrogen) atoms. The van der Waals surface area contributed by atoms with Gasteiger partial charge in [0.1, 0.15) is 11.9 Å². The summed E-state index contributed by atoms with van der Waals surface area (Å²) in [5.74, 6) is -0.0798. The molecule has 11 heteroatoms. The van der Waals surface area contributed by atoms with Crippen molar-refractivity contribution in [2.75, 3.05) is 31.1 Å². The SMILES string of the molecule is C[C@@H]1CN(C(=O)OC2CCN(Cc3ccccc3)CC2)[C@H](F)CN1c1cncc(C(F)(F)F)n1. The molecule has 1 aromatic heterocycles. The molecule has 184 valence electrons. The number of hydrogen-bond acceptors (Lipinski definition) is 6. The number of aromatic nitrogens is 2. The first-order chi connectivity index (χ1) is 16.2. The van der Waals surface area contributed by atoms with Crippen LogP contribution in [0.1, 0.15) is 31.0 Å². The van der Waals surface area contributed by atoms with E-state index in [4.69, 9.17) is 4.74 Å². The van der Waals surface area contributed by atoms with Crippen LogP contribution in [0.25, 0.3) is 0 Å². The van der Waals surface area contributed by atoms with Gasteiger partial charge in [0.05, 0.1) is 18.9 Å². The number of anilines is 1. The van der Waals surface area contributed by atoms with E-state index in [9.17, 15) is 22.4 Å². The highest BCUT2D eigenvalue weighted by atomic mass is 19.4. The molecule has 2 aliphatic rings. The van der Waals surface area contributed by atoms with E-state index in [0.717, 1.165) is 30.7 Å². The summed E-state index contributed by atoms with van der Waals surface area (Å²) < 4.78 is 59.4. The van der Waals surface area contributed by atoms with E-state index in [1.807, 2.05) is 18.2 Å². The molecule has 0 spiro atoms. The zero-order valence-corrected chi connectivity index (χ0v) is 18.8. The number of hydrogen-bond donors (Lipinski definition) is 0. The van der Waals surface area contributed by atoms with E-state index in [2.05, 4.69) is 27.0 Å². The quantitative estimate of drug-likeness (QED) is 0.484. The molecular formula is C23H27F4N5O2. The molecule has 0 aliphatic carbocycles. The number of halogens is 4. The number of ether oxygens (including phenoxy) is 1. The number of rotatable bonds is 4. The van der Waals surface area contributed by atoms with Crippen LogP contribution in [0.3, 0.4) is 0 Å². The predicted octanol–water partition coefficient (Wildman–Crippen LogP) is 4.10. The summed E-state index contributed by atoms with van der Waals surface area (Å²) in [6, 6.07) is 9.64. The molecule has 7 nitrogen and oxygen atoms in total. The smallest absolute Gasteiger partial charge is 0.434 e. The second-order valence-corrected chi connectivity index (χ2v) is 8.69. The van der Waals surface area contributed by atoms with Crippen molar-refractivity contribution in [2.24, 2.45) is 0 Å². The molecule has 2 aliphatic heterocycles. The van der Waals surface area contributed by atoms with Gasteiger partial charge in [-0.1, -0.05) is 30.3 Å². The van der Waals surface area contributed by atoms with Crippen LogP contribution in [-0.2, 0) is 17.5 Å². The molecule has 0 saturated carbocycles. The molecule has 2 saturated heterocycles. The third kappa shape index (κ3) is 5.75. The van der Waals surface area contributed by atoms with Crippen LogP contribution in [0.5, 0.6) is 0 Å². The van der Waals surface area contributed by atoms with Gasteiger partial charge in [-0.3, -0.25) is 14.8 Å². The van der Waals surface area contributed by atoms with Crippen molar-refractivity contribution in [3.63, 3.8) is 0 Å². The maximum absolute atomic E-state index is 14.9. The zero-order chi connectivity index (χ0) is 24.3. The first kappa shape index (κ1) is 24.2. The fraction of sp³-hybridized carbons (Fsp3) is 0.522. The van der Waals surface area contributed by atoms with E-state index >= 15 is 0 Å². The van der Waals surface area contributed by atoms with E-state index in [0.29, 0.717) is 19.0 Å². The van der Waals surface area contributed by atoms with Gasteiger partial charge in [0.2, 0.25) is 0 Å². The van der Waals surface area contributed by atoms with Crippen molar-refractivity contribution in [1.82, 2.24) is 19.8 Å². The predicted molar refractivity (Wildman–Crippen MR) is 117 cm³/mol. The van der Waals surface area contributed by atoms with Gasteiger partial charge in [-0.2, -0.15) is 13.2 Å². The Bertz CT molecular complexity index is 969. The number of likely N-dealkylation sites (tertiary alicyclic amines) is 1. The molecule has 4 rings (SSSR count). The molecule has 0 unspecified atom stereocenters. The zero-order valence-electron chi connectivity index (χ0n) is 18.8. The average Bonchev–Trinajstić information content (AvgIpc) is 2.82. The molecule has 3 heterocycles. The third-order valence-corrected chi connectivity index (χ3v) is 6.17. The van der Waals surface area contributed by atoms with Gasteiger partial charge < -0.3 is 9.64 Å². The fourth-order valence-corrected chi connectivity index (χ4v) is 4.31. The molecule has 1 aromatic carbocycles. The van der Waals surface area contributed by atoms with Crippen LogP contribution in [-0.4, -0.2) is 70.5 Å². The van der Waals surface area contributed by atoms with Crippen molar-refractivity contribution in [1.29, 1.82) is 0 Å². The van der Waals surface area contributed by atoms with Gasteiger partial charge in [0.15, 0.2) is 12.0 Å². The number of alkyl halides is 4. The number of piperazine rings is 1. The van der Waals surface area contributed by atoms with Crippen molar-refractivity contribution < 1.29 is 27.1 Å². The maximum atomic E-state index is 14.9. The molecule has 0 bridgehead atoms. The minimum Gasteiger partial charge on any atom is -0.446 e. The highest BCUT2D eigenvalue weighted by Gasteiger charge is 2.39. The first-order valence-electron chi connectivity index (χ1n) is 11.2. The minimum atomic E-state index is -4.65. The highest BCUT2D eigenvalue weighted by molar-refractivity contribution is 5.68. The topological polar surface area (TPSA) is 61.8 Å². The van der Waals surface area contributed by atoms with Gasteiger partial charge in [-0.25, -0.2) is 14.2 Å². The van der Waals surface area contributed by atoms with E-state index in [1.165, 1.54) is 10.5 Å². The monoisotopic (exact) mass is 481 g/mol. The van der Waals surface area contributed by atoms with Crippen LogP contribution in [0.15, 0.2) is 42.7 Å². The number of carbonyl (C=O) groups is 1. The molecule has 0 radical (unpaired) electrons. The Hall–Kier alpha value is -2.95. The number of amides is 1. The summed E-state index contributed by atoms with van der Waals surface area (Å²) in [4.78, 5) is 24.5. The Morgan fingerprint density at radius 1 is 1.12 bits per heavy atom. The number of nitrogens with zero attached hydrogens (tertiary/aromatic N) is 5. The lowest BCUT2D eigenvalue weighted by Gasteiger charge is -2.42. The fourth-order valence-electron chi connectivity index (χ4n) is 4.31. The van der Waals surface area contributed by atoms with Crippen LogP contribution in [0.2, 0.25) is 0 Å². The van der Waals surface area contributed by atoms with E-state index in [-0.39, 0.29) is 25.0 Å². The Balaban J connectivity index is 1.30. The molecule has 1 amide bonds. The summed E-state index contributed by atoms with van der Waals surface area (Å²) in [6.45, 7) is 3.70. The number of benzene rings is 1. The molecule has 2 aromatic rings. The van der Waals surface area contributed by atoms with Crippen LogP contribution in [0.4, 0.5) is 28.2 Å². The van der Waals surface area contributed by atoms with Crippen LogP contribution in [0, 0.1) is 0 Å². The highest BCUT2D eigenvalue weighted by Crippen LogP contribution is 2.30. The Morgan fingerprint density at radius 3 is 2.50 bits per heavy atom. The molecular weight excluding hydrogens is 454 g/mol. The van der Waals surface area contributed by atoms with Gasteiger partial charge in [-0.05, 0) is 25.3 Å². The Labute approximate surface area is 195 Å². The van der Waals surface area contributed by atoms with Crippen LogP contribution < -0.4 is 4.90 Å². The standard InChI is InChI=1S/C23H27F4N5O2/c1-16-13-32(20(24)15-31(16)21-12-28-11-19(29-21)23(25,26)27)22(33)34-18-7-9-30(10-8-18)14-17-5-3-2-4-6-17/h2-6,11-12,16,18,20H,7-10,13-15H2,1H3/t16-,20+/m1/s1. The van der Waals surface area contributed by atoms with Crippen molar-refractivity contribution >= 4 is 11.9 Å². The normalized spacial score (nSPS) is 22.6. The maximum Gasteiger partial charge on any atom is 0.434 e. The van der Waals surface area contributed by atoms with Crippen LogP contribution >= 0.6 is 0 Å². The van der Waals surface area contributed by atoms with Crippen molar-refractivity contribution in [2.45, 2.75) is 50.9 Å². The lowest BCUT2D eigenvalue weighted by molar-refractivity contribution is -0.141.